The van der Waals surface area contributed by atoms with Gasteiger partial charge in [0.2, 0.25) is 0 Å². The summed E-state index contributed by atoms with van der Waals surface area (Å²) in [6.45, 7) is 2.08. The van der Waals surface area contributed by atoms with Crippen LogP contribution in [-0.2, 0) is 21.8 Å². The number of carbonyl (C=O) groups is 1. The third-order valence-corrected chi connectivity index (χ3v) is 5.85. The minimum atomic E-state index is -4.61. The number of nitrogens with zero attached hydrogens (tertiary/aromatic N) is 3. The van der Waals surface area contributed by atoms with Gasteiger partial charge in [-0.1, -0.05) is 0 Å². The van der Waals surface area contributed by atoms with Gasteiger partial charge in [0.1, 0.15) is 34.7 Å². The van der Waals surface area contributed by atoms with Crippen molar-refractivity contribution in [3.8, 4) is 6.07 Å². The molecule has 2 aromatic heterocycles. The second-order valence-corrected chi connectivity index (χ2v) is 8.66. The first-order valence-electron chi connectivity index (χ1n) is 11.9. The van der Waals surface area contributed by atoms with Crippen molar-refractivity contribution in [1.29, 1.82) is 5.26 Å². The fourth-order valence-corrected chi connectivity index (χ4v) is 3.79. The molecule has 2 aromatic rings. The molecule has 2 saturated heterocycles. The van der Waals surface area contributed by atoms with E-state index in [9.17, 15) is 31.1 Å². The van der Waals surface area contributed by atoms with E-state index in [-0.39, 0.29) is 34.8 Å². The summed E-state index contributed by atoms with van der Waals surface area (Å²) < 4.78 is 85.9. The number of ether oxygens (including phenoxy) is 2. The van der Waals surface area contributed by atoms with Gasteiger partial charge >= 0.3 is 18.3 Å². The van der Waals surface area contributed by atoms with Gasteiger partial charge in [0.25, 0.3) is 0 Å². The molecular formula is C24H25F6N5O4. The summed E-state index contributed by atoms with van der Waals surface area (Å²) in [5.41, 5.74) is -2.28. The minimum absolute atomic E-state index is 0.00998. The Labute approximate surface area is 219 Å². The number of rotatable bonds is 5. The van der Waals surface area contributed by atoms with Crippen molar-refractivity contribution in [3.05, 3.63) is 46.8 Å². The van der Waals surface area contributed by atoms with E-state index in [2.05, 4.69) is 20.6 Å². The van der Waals surface area contributed by atoms with Gasteiger partial charge in [-0.15, -0.1) is 0 Å². The maximum atomic E-state index is 12.6. The van der Waals surface area contributed by atoms with Gasteiger partial charge in [0.05, 0.1) is 5.56 Å². The molecule has 0 saturated carbocycles. The number of hydrogen-bond acceptors (Lipinski definition) is 8. The highest BCUT2D eigenvalue weighted by Crippen LogP contribution is 2.31. The Bertz CT molecular complexity index is 1170. The predicted molar refractivity (Wildman–Crippen MR) is 125 cm³/mol. The van der Waals surface area contributed by atoms with E-state index in [4.69, 9.17) is 19.8 Å². The Morgan fingerprint density at radius 3 is 1.69 bits per heavy atom. The van der Waals surface area contributed by atoms with Crippen LogP contribution in [0.2, 0.25) is 0 Å². The number of anilines is 2. The maximum Gasteiger partial charge on any atom is 0.433 e. The number of nitrogens with one attached hydrogen (secondary N) is 2. The molecule has 0 amide bonds. The van der Waals surface area contributed by atoms with E-state index >= 15 is 0 Å². The zero-order valence-corrected chi connectivity index (χ0v) is 20.4. The van der Waals surface area contributed by atoms with Crippen molar-refractivity contribution in [2.45, 2.75) is 50.1 Å². The van der Waals surface area contributed by atoms with E-state index in [0.717, 1.165) is 18.2 Å². The summed E-state index contributed by atoms with van der Waals surface area (Å²) >= 11 is 0. The number of hydrogen-bond donors (Lipinski definition) is 3. The van der Waals surface area contributed by atoms with Crippen LogP contribution in [0.25, 0.3) is 0 Å². The van der Waals surface area contributed by atoms with Crippen molar-refractivity contribution >= 4 is 17.6 Å². The minimum Gasteiger partial charge on any atom is -0.478 e. The van der Waals surface area contributed by atoms with Crippen LogP contribution < -0.4 is 10.6 Å². The molecule has 3 N–H and O–H groups in total. The monoisotopic (exact) mass is 561 g/mol. The van der Waals surface area contributed by atoms with E-state index in [0.29, 0.717) is 58.2 Å². The lowest BCUT2D eigenvalue weighted by molar-refractivity contribution is -0.141. The molecule has 9 nitrogen and oxygen atoms in total. The maximum absolute atomic E-state index is 12.6. The third kappa shape index (κ3) is 8.69. The van der Waals surface area contributed by atoms with Gasteiger partial charge in [0.15, 0.2) is 0 Å². The highest BCUT2D eigenvalue weighted by atomic mass is 19.4. The second-order valence-electron chi connectivity index (χ2n) is 8.66. The van der Waals surface area contributed by atoms with Crippen LogP contribution in [0, 0.1) is 11.3 Å². The predicted octanol–water partition coefficient (Wildman–Crippen LogP) is 4.95. The molecule has 0 spiro atoms. The highest BCUT2D eigenvalue weighted by molar-refractivity contribution is 5.93. The molecule has 2 fully saturated rings. The summed E-state index contributed by atoms with van der Waals surface area (Å²) in [5, 5.41) is 23.6. The SMILES string of the molecule is N#Cc1ccc(C(F)(F)F)nc1NC1CCOCC1.O=C(O)c1ccc(C(F)(F)F)nc1NC1CCOCC1. The summed E-state index contributed by atoms with van der Waals surface area (Å²) in [4.78, 5) is 17.9. The average Bonchev–Trinajstić information content (AvgIpc) is 2.89. The lowest BCUT2D eigenvalue weighted by Gasteiger charge is -2.24. The van der Waals surface area contributed by atoms with Crippen molar-refractivity contribution in [3.63, 3.8) is 0 Å². The Balaban J connectivity index is 0.000000216. The van der Waals surface area contributed by atoms with Gasteiger partial charge in [0, 0.05) is 38.5 Å². The van der Waals surface area contributed by atoms with Crippen LogP contribution >= 0.6 is 0 Å². The van der Waals surface area contributed by atoms with Crippen molar-refractivity contribution in [2.24, 2.45) is 0 Å². The number of aromatic carboxylic acids is 1. The van der Waals surface area contributed by atoms with Crippen molar-refractivity contribution in [1.82, 2.24) is 9.97 Å². The van der Waals surface area contributed by atoms with E-state index < -0.39 is 29.7 Å². The molecule has 212 valence electrons. The second kappa shape index (κ2) is 12.9. The summed E-state index contributed by atoms with van der Waals surface area (Å²) in [7, 11) is 0. The summed E-state index contributed by atoms with van der Waals surface area (Å²) in [5.74, 6) is -1.58. The molecule has 0 aliphatic carbocycles. The third-order valence-electron chi connectivity index (χ3n) is 5.85. The summed E-state index contributed by atoms with van der Waals surface area (Å²) in [6.07, 6.45) is -6.57. The molecule has 0 unspecified atom stereocenters. The molecule has 0 aromatic carbocycles. The number of pyridine rings is 2. The first-order chi connectivity index (χ1) is 18.4. The Morgan fingerprint density at radius 1 is 0.821 bits per heavy atom. The molecule has 2 aliphatic heterocycles. The molecule has 0 radical (unpaired) electrons. The molecule has 0 atom stereocenters. The Morgan fingerprint density at radius 2 is 1.26 bits per heavy atom. The van der Waals surface area contributed by atoms with Gasteiger partial charge in [-0.3, -0.25) is 0 Å². The lowest BCUT2D eigenvalue weighted by Crippen LogP contribution is -2.29. The summed E-state index contributed by atoms with van der Waals surface area (Å²) in [6, 6.07) is 5.21. The quantitative estimate of drug-likeness (QED) is 0.434. The molecule has 39 heavy (non-hydrogen) atoms. The Kier molecular flexibility index (Phi) is 9.92. The van der Waals surface area contributed by atoms with E-state index in [1.54, 1.807) is 0 Å². The van der Waals surface area contributed by atoms with E-state index in [1.165, 1.54) is 0 Å². The molecule has 15 heteroatoms. The number of carboxylic acids is 1. The molecule has 2 aliphatic rings. The highest BCUT2D eigenvalue weighted by Gasteiger charge is 2.34. The van der Waals surface area contributed by atoms with Crippen LogP contribution in [0.5, 0.6) is 0 Å². The number of alkyl halides is 6. The van der Waals surface area contributed by atoms with Gasteiger partial charge in [-0.05, 0) is 49.9 Å². The van der Waals surface area contributed by atoms with Gasteiger partial charge in [-0.25, -0.2) is 14.8 Å². The zero-order chi connectivity index (χ0) is 28.6. The first kappa shape index (κ1) is 29.9. The van der Waals surface area contributed by atoms with Crippen LogP contribution in [-0.4, -0.2) is 59.6 Å². The van der Waals surface area contributed by atoms with Crippen molar-refractivity contribution in [2.75, 3.05) is 37.1 Å². The average molecular weight is 561 g/mol. The molecule has 4 heterocycles. The van der Waals surface area contributed by atoms with E-state index in [1.807, 2.05) is 6.07 Å². The van der Waals surface area contributed by atoms with Crippen LogP contribution in [0.3, 0.4) is 0 Å². The normalized spacial score (nSPS) is 16.9. The van der Waals surface area contributed by atoms with Gasteiger partial charge in [-0.2, -0.15) is 31.6 Å². The molecular weight excluding hydrogens is 536 g/mol. The lowest BCUT2D eigenvalue weighted by atomic mass is 10.1. The fourth-order valence-electron chi connectivity index (χ4n) is 3.79. The largest absolute Gasteiger partial charge is 0.478 e. The van der Waals surface area contributed by atoms with Crippen LogP contribution in [0.4, 0.5) is 38.0 Å². The zero-order valence-electron chi connectivity index (χ0n) is 20.4. The number of carboxylic acid groups (broad SMARTS) is 1. The smallest absolute Gasteiger partial charge is 0.433 e. The number of aromatic nitrogens is 2. The number of halogens is 6. The molecule has 4 rings (SSSR count). The fraction of sp³-hybridized carbons (Fsp3) is 0.500. The molecule has 0 bridgehead atoms. The number of nitriles is 1. The standard InChI is InChI=1S/C12H12F3N3O.C12H13F3N2O3/c13-12(14,15)10-2-1-8(7-16)11(18-10)17-9-3-5-19-6-4-9;13-12(14,15)9-2-1-8(11(18)19)10(17-9)16-7-3-5-20-6-4-7/h1-2,9H,3-6H2,(H,17,18);1-2,7H,3-6H2,(H,16,17)(H,18,19). The van der Waals surface area contributed by atoms with Gasteiger partial charge < -0.3 is 25.2 Å². The van der Waals surface area contributed by atoms with Crippen molar-refractivity contribution < 1.29 is 45.7 Å². The topological polar surface area (TPSA) is 129 Å². The first-order valence-corrected chi connectivity index (χ1v) is 11.9. The van der Waals surface area contributed by atoms with Crippen LogP contribution in [0.15, 0.2) is 24.3 Å². The Hall–Kier alpha value is -3.64. The van der Waals surface area contributed by atoms with Crippen LogP contribution in [0.1, 0.15) is 53.0 Å².